The van der Waals surface area contributed by atoms with E-state index in [1.54, 1.807) is 0 Å². The fourth-order valence-corrected chi connectivity index (χ4v) is 4.31. The van der Waals surface area contributed by atoms with Gasteiger partial charge >= 0.3 is 5.97 Å². The number of nitrogens with one attached hydrogen (secondary N) is 1. The number of fused-ring (bicyclic) bond motifs is 2. The van der Waals surface area contributed by atoms with Crippen LogP contribution in [-0.2, 0) is 52.7 Å². The van der Waals surface area contributed by atoms with Crippen molar-refractivity contribution in [3.8, 4) is 0 Å². The third-order valence-corrected chi connectivity index (χ3v) is 6.40. The lowest BCUT2D eigenvalue weighted by atomic mass is 9.95. The predicted octanol–water partition coefficient (Wildman–Crippen LogP) is 2.76. The molecular weight excluding hydrogens is 516 g/mol. The number of hydrogen-bond acceptors (Lipinski definition) is 7. The zero-order chi connectivity index (χ0) is 28.4. The van der Waals surface area contributed by atoms with Gasteiger partial charge in [-0.2, -0.15) is 0 Å². The highest BCUT2D eigenvalue weighted by molar-refractivity contribution is 5.94. The number of ether oxygens (including phenoxy) is 4. The molecule has 0 spiro atoms. The molecule has 0 fully saturated rings. The molecule has 0 radical (unpaired) electrons. The van der Waals surface area contributed by atoms with Gasteiger partial charge in [0.25, 0.3) is 0 Å². The van der Waals surface area contributed by atoms with E-state index in [4.69, 9.17) is 24.1 Å². The van der Waals surface area contributed by atoms with Crippen LogP contribution in [0.15, 0.2) is 48.5 Å². The van der Waals surface area contributed by atoms with E-state index < -0.39 is 5.97 Å². The molecule has 1 heterocycles. The van der Waals surface area contributed by atoms with Crippen molar-refractivity contribution in [2.45, 2.75) is 38.6 Å². The molecule has 2 aromatic carbocycles. The summed E-state index contributed by atoms with van der Waals surface area (Å²) in [6.45, 7) is 3.49. The first-order valence-corrected chi connectivity index (χ1v) is 13.8. The Morgan fingerprint density at radius 2 is 1.20 bits per heavy atom. The number of carboxylic acid groups (broad SMARTS) is 1. The second-order valence-corrected chi connectivity index (χ2v) is 9.32. The Hall–Kier alpha value is -3.31. The normalized spacial score (nSPS) is 12.7. The second kappa shape index (κ2) is 18.1. The van der Waals surface area contributed by atoms with Crippen LogP contribution >= 0.6 is 0 Å². The van der Waals surface area contributed by atoms with Crippen molar-refractivity contribution in [1.29, 1.82) is 0 Å². The molecule has 0 atom stereocenters. The van der Waals surface area contributed by atoms with Crippen molar-refractivity contribution >= 4 is 23.5 Å². The number of aryl methyl sites for hydroxylation is 2. The minimum absolute atomic E-state index is 0.0194. The first kappa shape index (κ1) is 31.2. The van der Waals surface area contributed by atoms with E-state index in [1.807, 2.05) is 35.2 Å². The summed E-state index contributed by atoms with van der Waals surface area (Å²) in [5.41, 5.74) is 4.52. The lowest BCUT2D eigenvalue weighted by molar-refractivity contribution is -0.138. The molecule has 0 aliphatic carbocycles. The lowest BCUT2D eigenvalue weighted by Gasteiger charge is -2.29. The van der Waals surface area contributed by atoms with Crippen molar-refractivity contribution in [3.05, 3.63) is 65.2 Å². The zero-order valence-electron chi connectivity index (χ0n) is 23.0. The van der Waals surface area contributed by atoms with Gasteiger partial charge in [-0.05, 0) is 35.6 Å². The van der Waals surface area contributed by atoms with Crippen molar-refractivity contribution in [3.63, 3.8) is 0 Å². The lowest BCUT2D eigenvalue weighted by Crippen LogP contribution is -2.35. The third-order valence-electron chi connectivity index (χ3n) is 6.40. The monoisotopic (exact) mass is 556 g/mol. The van der Waals surface area contributed by atoms with Crippen LogP contribution in [0.3, 0.4) is 0 Å². The standard InChI is InChI=1S/C30H40N2O8/c33-28(12-15-37-17-19-39-21-22-40-20-18-38-16-13-30(35)36)31-14-11-29(34)32-23-26-7-2-1-5-24(26)9-10-25-6-3-4-8-27(25)32/h1-8H,9-23H2,(H,31,33)(H,35,36). The minimum Gasteiger partial charge on any atom is -0.481 e. The number of anilines is 1. The number of hydrogen-bond donors (Lipinski definition) is 2. The van der Waals surface area contributed by atoms with Crippen molar-refractivity contribution in [2.24, 2.45) is 0 Å². The van der Waals surface area contributed by atoms with E-state index in [0.29, 0.717) is 46.2 Å². The van der Waals surface area contributed by atoms with Crippen LogP contribution in [0, 0.1) is 0 Å². The Morgan fingerprint density at radius 1 is 0.675 bits per heavy atom. The summed E-state index contributed by atoms with van der Waals surface area (Å²) in [6.07, 6.45) is 2.23. The number of benzene rings is 2. The highest BCUT2D eigenvalue weighted by Gasteiger charge is 2.22. The molecule has 2 amide bonds. The minimum atomic E-state index is -0.888. The highest BCUT2D eigenvalue weighted by atomic mass is 16.6. The highest BCUT2D eigenvalue weighted by Crippen LogP contribution is 2.28. The van der Waals surface area contributed by atoms with Crippen LogP contribution in [0.1, 0.15) is 36.0 Å². The van der Waals surface area contributed by atoms with Gasteiger partial charge in [0.05, 0.1) is 65.8 Å². The van der Waals surface area contributed by atoms with Gasteiger partial charge < -0.3 is 34.3 Å². The van der Waals surface area contributed by atoms with E-state index in [2.05, 4.69) is 23.5 Å². The maximum atomic E-state index is 13.2. The average molecular weight is 557 g/mol. The van der Waals surface area contributed by atoms with E-state index >= 15 is 0 Å². The van der Waals surface area contributed by atoms with Gasteiger partial charge in [0, 0.05) is 25.1 Å². The number of amides is 2. The van der Waals surface area contributed by atoms with Gasteiger partial charge in [-0.15, -0.1) is 0 Å². The van der Waals surface area contributed by atoms with Gasteiger partial charge in [-0.1, -0.05) is 42.5 Å². The molecule has 3 rings (SSSR count). The largest absolute Gasteiger partial charge is 0.481 e. The maximum absolute atomic E-state index is 13.2. The summed E-state index contributed by atoms with van der Waals surface area (Å²) in [7, 11) is 0. The van der Waals surface area contributed by atoms with Gasteiger partial charge in [0.2, 0.25) is 11.8 Å². The molecule has 40 heavy (non-hydrogen) atoms. The number of nitrogens with zero attached hydrogens (tertiary/aromatic N) is 1. The van der Waals surface area contributed by atoms with Crippen molar-refractivity contribution in [2.75, 3.05) is 64.3 Å². The van der Waals surface area contributed by atoms with Crippen LogP contribution < -0.4 is 10.2 Å². The summed E-state index contributed by atoms with van der Waals surface area (Å²) < 4.78 is 21.3. The number of aliphatic carboxylic acids is 1. The van der Waals surface area contributed by atoms with Crippen molar-refractivity contribution in [1.82, 2.24) is 5.32 Å². The molecule has 2 aromatic rings. The summed E-state index contributed by atoms with van der Waals surface area (Å²) in [5.74, 6) is -1.07. The van der Waals surface area contributed by atoms with E-state index in [0.717, 1.165) is 29.7 Å². The first-order valence-electron chi connectivity index (χ1n) is 13.8. The molecule has 10 heteroatoms. The van der Waals surface area contributed by atoms with E-state index in [1.165, 1.54) is 5.56 Å². The number of para-hydroxylation sites is 1. The van der Waals surface area contributed by atoms with Crippen molar-refractivity contribution < 1.29 is 38.4 Å². The molecule has 2 N–H and O–H groups in total. The zero-order valence-corrected chi connectivity index (χ0v) is 23.0. The Kier molecular flexibility index (Phi) is 14.1. The summed E-state index contributed by atoms with van der Waals surface area (Å²) in [5, 5.41) is 11.3. The van der Waals surface area contributed by atoms with Gasteiger partial charge in [0.1, 0.15) is 0 Å². The van der Waals surface area contributed by atoms with Crippen LogP contribution in [0.25, 0.3) is 0 Å². The molecule has 0 aromatic heterocycles. The molecule has 0 saturated carbocycles. The first-order chi connectivity index (χ1) is 19.5. The SMILES string of the molecule is O=C(O)CCOCCOCCOCCOCCC(=O)NCCC(=O)N1Cc2ccccc2CCc2ccccc21. The summed E-state index contributed by atoms with van der Waals surface area (Å²) >= 11 is 0. The van der Waals surface area contributed by atoms with Crippen LogP contribution in [-0.4, -0.2) is 82.3 Å². The number of carboxylic acids is 1. The van der Waals surface area contributed by atoms with Crippen LogP contribution in [0.4, 0.5) is 5.69 Å². The third kappa shape index (κ3) is 11.4. The van der Waals surface area contributed by atoms with E-state index in [-0.39, 0.29) is 50.8 Å². The number of rotatable bonds is 18. The van der Waals surface area contributed by atoms with Gasteiger partial charge in [-0.3, -0.25) is 14.4 Å². The maximum Gasteiger partial charge on any atom is 0.305 e. The summed E-state index contributed by atoms with van der Waals surface area (Å²) in [6, 6.07) is 16.3. The fourth-order valence-electron chi connectivity index (χ4n) is 4.31. The molecule has 0 bridgehead atoms. The molecule has 218 valence electrons. The predicted molar refractivity (Wildman–Crippen MR) is 149 cm³/mol. The average Bonchev–Trinajstić information content (AvgIpc) is 2.94. The Bertz CT molecular complexity index is 1080. The van der Waals surface area contributed by atoms with Gasteiger partial charge in [0.15, 0.2) is 0 Å². The summed E-state index contributed by atoms with van der Waals surface area (Å²) in [4.78, 5) is 37.6. The quantitative estimate of drug-likeness (QED) is 0.269. The fraction of sp³-hybridized carbons (Fsp3) is 0.500. The number of carbonyl (C=O) groups excluding carboxylic acids is 2. The number of carbonyl (C=O) groups is 3. The van der Waals surface area contributed by atoms with Crippen LogP contribution in [0.2, 0.25) is 0 Å². The topological polar surface area (TPSA) is 124 Å². The molecule has 0 unspecified atom stereocenters. The Balaban J connectivity index is 1.24. The second-order valence-electron chi connectivity index (χ2n) is 9.32. The van der Waals surface area contributed by atoms with Gasteiger partial charge in [-0.25, -0.2) is 0 Å². The molecular formula is C30H40N2O8. The Morgan fingerprint density at radius 3 is 1.85 bits per heavy atom. The van der Waals surface area contributed by atoms with E-state index in [9.17, 15) is 14.4 Å². The van der Waals surface area contributed by atoms with Crippen LogP contribution in [0.5, 0.6) is 0 Å². The molecule has 1 aliphatic heterocycles. The Labute approximate surface area is 235 Å². The molecule has 0 saturated heterocycles. The molecule has 10 nitrogen and oxygen atoms in total. The smallest absolute Gasteiger partial charge is 0.305 e. The molecule has 1 aliphatic rings.